The van der Waals surface area contributed by atoms with Gasteiger partial charge in [0.05, 0.1) is 11.1 Å². The minimum atomic E-state index is -4.86. The van der Waals surface area contributed by atoms with Crippen LogP contribution in [0.1, 0.15) is 26.3 Å². The van der Waals surface area contributed by atoms with Crippen LogP contribution < -0.4 is 0 Å². The monoisotopic (exact) mass is 218 g/mol. The van der Waals surface area contributed by atoms with E-state index in [4.69, 9.17) is 5.11 Å². The van der Waals surface area contributed by atoms with Crippen LogP contribution in [0.5, 0.6) is 0 Å². The van der Waals surface area contributed by atoms with Crippen LogP contribution in [-0.2, 0) is 6.18 Å². The summed E-state index contributed by atoms with van der Waals surface area (Å²) >= 11 is 0. The minimum Gasteiger partial charge on any atom is -0.478 e. The van der Waals surface area contributed by atoms with Crippen molar-refractivity contribution in [3.63, 3.8) is 0 Å². The number of hydrogen-bond acceptors (Lipinski definition) is 2. The van der Waals surface area contributed by atoms with E-state index in [1.807, 2.05) is 0 Å². The van der Waals surface area contributed by atoms with Crippen molar-refractivity contribution in [1.82, 2.24) is 0 Å². The maximum absolute atomic E-state index is 12.4. The molecule has 0 radical (unpaired) electrons. The van der Waals surface area contributed by atoms with Crippen LogP contribution in [0.4, 0.5) is 13.2 Å². The Balaban J connectivity index is 3.54. The van der Waals surface area contributed by atoms with Crippen molar-refractivity contribution < 1.29 is 27.9 Å². The average Bonchev–Trinajstić information content (AvgIpc) is 2.15. The summed E-state index contributed by atoms with van der Waals surface area (Å²) in [6, 6.07) is 2.81. The lowest BCUT2D eigenvalue weighted by atomic mass is 10.0. The van der Waals surface area contributed by atoms with E-state index in [1.54, 1.807) is 0 Å². The van der Waals surface area contributed by atoms with Gasteiger partial charge in [-0.25, -0.2) is 4.79 Å². The number of aromatic carboxylic acids is 1. The minimum absolute atomic E-state index is 0.0186. The third kappa shape index (κ3) is 2.15. The highest BCUT2D eigenvalue weighted by Crippen LogP contribution is 2.34. The zero-order valence-corrected chi connectivity index (χ0v) is 7.21. The topological polar surface area (TPSA) is 54.4 Å². The van der Waals surface area contributed by atoms with E-state index >= 15 is 0 Å². The quantitative estimate of drug-likeness (QED) is 0.774. The molecule has 0 bridgehead atoms. The first-order valence-electron chi connectivity index (χ1n) is 3.76. The second-order valence-electron chi connectivity index (χ2n) is 2.69. The fourth-order valence-electron chi connectivity index (χ4n) is 1.16. The lowest BCUT2D eigenvalue weighted by Gasteiger charge is -2.11. The van der Waals surface area contributed by atoms with Crippen LogP contribution >= 0.6 is 0 Å². The predicted octanol–water partition coefficient (Wildman–Crippen LogP) is 2.22. The number of carbonyl (C=O) groups excluding carboxylic acids is 1. The third-order valence-corrected chi connectivity index (χ3v) is 1.74. The van der Waals surface area contributed by atoms with Crippen molar-refractivity contribution in [2.45, 2.75) is 6.18 Å². The van der Waals surface area contributed by atoms with Crippen LogP contribution in [-0.4, -0.2) is 17.4 Å². The highest BCUT2D eigenvalue weighted by atomic mass is 19.4. The standard InChI is InChI=1S/C9H5F3O3/c10-9(11,12)7-5(4-13)2-1-3-6(7)8(14)15/h1-4H,(H,14,15). The summed E-state index contributed by atoms with van der Waals surface area (Å²) < 4.78 is 37.3. The summed E-state index contributed by atoms with van der Waals surface area (Å²) in [5, 5.41) is 8.53. The normalized spacial score (nSPS) is 11.1. The molecule has 1 aromatic carbocycles. The van der Waals surface area contributed by atoms with Gasteiger partial charge in [0.1, 0.15) is 0 Å². The summed E-state index contributed by atoms with van der Waals surface area (Å²) in [6.45, 7) is 0. The highest BCUT2D eigenvalue weighted by Gasteiger charge is 2.37. The Labute approximate surface area is 82.1 Å². The molecular formula is C9H5F3O3. The number of carboxylic acid groups (broad SMARTS) is 1. The molecule has 80 valence electrons. The average molecular weight is 218 g/mol. The first kappa shape index (κ1) is 11.2. The van der Waals surface area contributed by atoms with Gasteiger partial charge < -0.3 is 5.11 Å². The molecule has 1 aromatic rings. The van der Waals surface area contributed by atoms with E-state index in [0.29, 0.717) is 0 Å². The number of rotatable bonds is 2. The lowest BCUT2D eigenvalue weighted by molar-refractivity contribution is -0.138. The van der Waals surface area contributed by atoms with Crippen LogP contribution in [0.3, 0.4) is 0 Å². The van der Waals surface area contributed by atoms with E-state index < -0.39 is 28.8 Å². The van der Waals surface area contributed by atoms with E-state index in [-0.39, 0.29) is 6.29 Å². The fraction of sp³-hybridized carbons (Fsp3) is 0.111. The molecule has 0 atom stereocenters. The molecule has 6 heteroatoms. The molecule has 1 rings (SSSR count). The first-order chi connectivity index (χ1) is 6.88. The van der Waals surface area contributed by atoms with Gasteiger partial charge in [0, 0.05) is 5.56 Å². The van der Waals surface area contributed by atoms with Crippen molar-refractivity contribution >= 4 is 12.3 Å². The van der Waals surface area contributed by atoms with Crippen LogP contribution in [0.15, 0.2) is 18.2 Å². The molecule has 0 aromatic heterocycles. The maximum atomic E-state index is 12.4. The van der Waals surface area contributed by atoms with Crippen LogP contribution in [0, 0.1) is 0 Å². The molecular weight excluding hydrogens is 213 g/mol. The third-order valence-electron chi connectivity index (χ3n) is 1.74. The zero-order chi connectivity index (χ0) is 11.6. The predicted molar refractivity (Wildman–Crippen MR) is 43.8 cm³/mol. The molecule has 0 saturated heterocycles. The largest absolute Gasteiger partial charge is 0.478 e. The van der Waals surface area contributed by atoms with Gasteiger partial charge in [-0.2, -0.15) is 13.2 Å². The number of benzene rings is 1. The molecule has 0 aliphatic heterocycles. The summed E-state index contributed by atoms with van der Waals surface area (Å²) in [4.78, 5) is 20.9. The molecule has 0 amide bonds. The number of halogens is 3. The Kier molecular flexibility index (Phi) is 2.78. The van der Waals surface area contributed by atoms with Crippen molar-refractivity contribution in [3.05, 3.63) is 34.9 Å². The molecule has 0 saturated carbocycles. The second kappa shape index (κ2) is 3.72. The van der Waals surface area contributed by atoms with Gasteiger partial charge in [-0.05, 0) is 6.07 Å². The van der Waals surface area contributed by atoms with Gasteiger partial charge in [-0.1, -0.05) is 12.1 Å². The van der Waals surface area contributed by atoms with Crippen molar-refractivity contribution in [1.29, 1.82) is 0 Å². The SMILES string of the molecule is O=Cc1cccc(C(=O)O)c1C(F)(F)F. The Morgan fingerprint density at radius 3 is 2.33 bits per heavy atom. The number of aldehydes is 1. The molecule has 15 heavy (non-hydrogen) atoms. The lowest BCUT2D eigenvalue weighted by Crippen LogP contribution is -2.15. The van der Waals surface area contributed by atoms with Gasteiger partial charge in [-0.3, -0.25) is 4.79 Å². The van der Waals surface area contributed by atoms with Gasteiger partial charge >= 0.3 is 12.1 Å². The number of carbonyl (C=O) groups is 2. The van der Waals surface area contributed by atoms with Crippen molar-refractivity contribution in [2.24, 2.45) is 0 Å². The molecule has 0 heterocycles. The van der Waals surface area contributed by atoms with E-state index in [2.05, 4.69) is 0 Å². The molecule has 0 fully saturated rings. The Hall–Kier alpha value is -1.85. The smallest absolute Gasteiger partial charge is 0.417 e. The van der Waals surface area contributed by atoms with E-state index in [0.717, 1.165) is 18.2 Å². The maximum Gasteiger partial charge on any atom is 0.417 e. The van der Waals surface area contributed by atoms with Gasteiger partial charge in [0.2, 0.25) is 0 Å². The summed E-state index contributed by atoms with van der Waals surface area (Å²) in [7, 11) is 0. The molecule has 0 unspecified atom stereocenters. The molecule has 3 nitrogen and oxygen atoms in total. The van der Waals surface area contributed by atoms with Gasteiger partial charge in [0.25, 0.3) is 0 Å². The summed E-state index contributed by atoms with van der Waals surface area (Å²) in [5.41, 5.74) is -3.01. The number of alkyl halides is 3. The number of carboxylic acids is 1. The Morgan fingerprint density at radius 2 is 1.93 bits per heavy atom. The van der Waals surface area contributed by atoms with E-state index in [1.165, 1.54) is 0 Å². The molecule has 1 N–H and O–H groups in total. The summed E-state index contributed by atoms with van der Waals surface area (Å²) in [6.07, 6.45) is -4.87. The van der Waals surface area contributed by atoms with E-state index in [9.17, 15) is 22.8 Å². The molecule has 0 aliphatic carbocycles. The van der Waals surface area contributed by atoms with Gasteiger partial charge in [-0.15, -0.1) is 0 Å². The number of hydrogen-bond donors (Lipinski definition) is 1. The molecule has 0 aliphatic rings. The van der Waals surface area contributed by atoms with Crippen molar-refractivity contribution in [3.8, 4) is 0 Å². The Bertz CT molecular complexity index is 410. The van der Waals surface area contributed by atoms with Crippen LogP contribution in [0.25, 0.3) is 0 Å². The second-order valence-corrected chi connectivity index (χ2v) is 2.69. The highest BCUT2D eigenvalue weighted by molar-refractivity contribution is 5.93. The first-order valence-corrected chi connectivity index (χ1v) is 3.76. The van der Waals surface area contributed by atoms with Crippen molar-refractivity contribution in [2.75, 3.05) is 0 Å². The fourth-order valence-corrected chi connectivity index (χ4v) is 1.16. The summed E-state index contributed by atoms with van der Waals surface area (Å²) in [5.74, 6) is -1.72. The van der Waals surface area contributed by atoms with Crippen LogP contribution in [0.2, 0.25) is 0 Å². The molecule has 0 spiro atoms. The van der Waals surface area contributed by atoms with Gasteiger partial charge in [0.15, 0.2) is 6.29 Å². The zero-order valence-electron chi connectivity index (χ0n) is 7.21. The Morgan fingerprint density at radius 1 is 1.33 bits per heavy atom.